The second-order valence-corrected chi connectivity index (χ2v) is 7.74. The number of nitrogens with zero attached hydrogens (tertiary/aromatic N) is 3. The van der Waals surface area contributed by atoms with E-state index in [4.69, 9.17) is 9.15 Å². The molecule has 3 unspecified atom stereocenters. The zero-order valence-electron chi connectivity index (χ0n) is 15.5. The lowest BCUT2D eigenvalue weighted by molar-refractivity contribution is 0.0461. The van der Waals surface area contributed by atoms with Crippen molar-refractivity contribution in [3.8, 4) is 0 Å². The molecule has 0 saturated carbocycles. The molecule has 5 nitrogen and oxygen atoms in total. The molecule has 0 aliphatic carbocycles. The normalized spacial score (nSPS) is 24.7. The zero-order chi connectivity index (χ0) is 18.5. The maximum Gasteiger partial charge on any atom is 0.196 e. The van der Waals surface area contributed by atoms with Crippen molar-refractivity contribution in [3.05, 3.63) is 66.5 Å². The molecule has 2 aliphatic heterocycles. The van der Waals surface area contributed by atoms with Gasteiger partial charge in [0, 0.05) is 36.4 Å². The number of furan rings is 1. The Labute approximate surface area is 163 Å². The number of rotatable bonds is 2. The van der Waals surface area contributed by atoms with Crippen LogP contribution in [0.1, 0.15) is 17.9 Å². The van der Waals surface area contributed by atoms with E-state index in [0.717, 1.165) is 54.1 Å². The maximum atomic E-state index is 6.22. The number of hydrogen-bond donors (Lipinski definition) is 0. The van der Waals surface area contributed by atoms with Crippen LogP contribution in [0.5, 0.6) is 0 Å². The van der Waals surface area contributed by atoms with Crippen molar-refractivity contribution in [3.63, 3.8) is 0 Å². The van der Waals surface area contributed by atoms with Crippen LogP contribution < -0.4 is 4.90 Å². The van der Waals surface area contributed by atoms with Gasteiger partial charge in [-0.2, -0.15) is 0 Å². The standard InChI is InChI=1S/C23H21N3O2/c1-2-6-15(7-3-1)17-12-26(19-10-11-27-13-18(17)19)23-22-21(24-14-25-23)16-8-4-5-9-20(16)28-22/h1-9,14,17-19H,10-13H2. The first-order valence-electron chi connectivity index (χ1n) is 9.92. The Kier molecular flexibility index (Phi) is 3.62. The average molecular weight is 371 g/mol. The summed E-state index contributed by atoms with van der Waals surface area (Å²) in [4.78, 5) is 11.7. The van der Waals surface area contributed by atoms with Gasteiger partial charge in [0.2, 0.25) is 0 Å². The van der Waals surface area contributed by atoms with Crippen molar-refractivity contribution < 1.29 is 9.15 Å². The van der Waals surface area contributed by atoms with Crippen LogP contribution in [-0.4, -0.2) is 35.8 Å². The molecule has 2 aliphatic rings. The minimum absolute atomic E-state index is 0.408. The quantitative estimate of drug-likeness (QED) is 0.523. The first kappa shape index (κ1) is 16.1. The Morgan fingerprint density at radius 1 is 0.964 bits per heavy atom. The van der Waals surface area contributed by atoms with Crippen LogP contribution in [-0.2, 0) is 4.74 Å². The smallest absolute Gasteiger partial charge is 0.196 e. The molecule has 0 radical (unpaired) electrons. The van der Waals surface area contributed by atoms with Crippen molar-refractivity contribution in [1.29, 1.82) is 0 Å². The fourth-order valence-electron chi connectivity index (χ4n) is 5.02. The molecule has 4 heterocycles. The maximum absolute atomic E-state index is 6.22. The number of para-hydroxylation sites is 1. The summed E-state index contributed by atoms with van der Waals surface area (Å²) in [5.74, 6) is 1.81. The molecule has 2 aromatic heterocycles. The number of hydrogen-bond acceptors (Lipinski definition) is 5. The predicted octanol–water partition coefficient (Wildman–Crippen LogP) is 4.38. The minimum Gasteiger partial charge on any atom is -0.450 e. The van der Waals surface area contributed by atoms with Gasteiger partial charge >= 0.3 is 0 Å². The number of fused-ring (bicyclic) bond motifs is 4. The van der Waals surface area contributed by atoms with Crippen LogP contribution >= 0.6 is 0 Å². The highest BCUT2D eigenvalue weighted by Crippen LogP contribution is 2.44. The third-order valence-corrected chi connectivity index (χ3v) is 6.31. The lowest BCUT2D eigenvalue weighted by Crippen LogP contribution is -2.39. The van der Waals surface area contributed by atoms with Gasteiger partial charge < -0.3 is 14.1 Å². The van der Waals surface area contributed by atoms with Crippen molar-refractivity contribution in [1.82, 2.24) is 9.97 Å². The number of aromatic nitrogens is 2. The molecule has 0 bridgehead atoms. The third kappa shape index (κ3) is 2.36. The Morgan fingerprint density at radius 2 is 1.82 bits per heavy atom. The fraction of sp³-hybridized carbons (Fsp3) is 0.304. The van der Waals surface area contributed by atoms with E-state index in [-0.39, 0.29) is 0 Å². The fourth-order valence-corrected chi connectivity index (χ4v) is 5.02. The second-order valence-electron chi connectivity index (χ2n) is 7.74. The van der Waals surface area contributed by atoms with Crippen molar-refractivity contribution in [2.24, 2.45) is 5.92 Å². The zero-order valence-corrected chi connectivity index (χ0v) is 15.5. The summed E-state index contributed by atoms with van der Waals surface area (Å²) in [5, 5.41) is 1.04. The monoisotopic (exact) mass is 371 g/mol. The van der Waals surface area contributed by atoms with Gasteiger partial charge in [-0.3, -0.25) is 0 Å². The van der Waals surface area contributed by atoms with E-state index in [1.807, 2.05) is 18.2 Å². The number of anilines is 1. The highest BCUT2D eigenvalue weighted by molar-refractivity contribution is 6.05. The minimum atomic E-state index is 0.408. The molecule has 0 spiro atoms. The van der Waals surface area contributed by atoms with Crippen molar-refractivity contribution in [2.75, 3.05) is 24.7 Å². The van der Waals surface area contributed by atoms with Crippen molar-refractivity contribution >= 4 is 27.9 Å². The summed E-state index contributed by atoms with van der Waals surface area (Å²) in [6, 6.07) is 19.3. The molecule has 3 atom stereocenters. The van der Waals surface area contributed by atoms with Gasteiger partial charge in [-0.1, -0.05) is 42.5 Å². The summed E-state index contributed by atoms with van der Waals surface area (Å²) in [6.07, 6.45) is 2.68. The molecule has 5 heteroatoms. The summed E-state index contributed by atoms with van der Waals surface area (Å²) >= 11 is 0. The van der Waals surface area contributed by atoms with E-state index in [1.54, 1.807) is 6.33 Å². The second kappa shape index (κ2) is 6.31. The van der Waals surface area contributed by atoms with Gasteiger partial charge in [0.1, 0.15) is 17.4 Å². The van der Waals surface area contributed by atoms with Gasteiger partial charge in [0.25, 0.3) is 0 Å². The van der Waals surface area contributed by atoms with Crippen LogP contribution in [0, 0.1) is 5.92 Å². The number of benzene rings is 2. The van der Waals surface area contributed by atoms with Gasteiger partial charge in [0.15, 0.2) is 11.4 Å². The summed E-state index contributed by atoms with van der Waals surface area (Å²) in [7, 11) is 0. The molecule has 2 fully saturated rings. The molecule has 2 saturated heterocycles. The number of ether oxygens (including phenoxy) is 1. The van der Waals surface area contributed by atoms with Gasteiger partial charge in [-0.25, -0.2) is 9.97 Å². The van der Waals surface area contributed by atoms with Gasteiger partial charge in [0.05, 0.1) is 6.61 Å². The molecule has 140 valence electrons. The molecular weight excluding hydrogens is 350 g/mol. The predicted molar refractivity (Wildman–Crippen MR) is 109 cm³/mol. The Bertz CT molecular complexity index is 1140. The first-order valence-corrected chi connectivity index (χ1v) is 9.92. The van der Waals surface area contributed by atoms with Gasteiger partial charge in [-0.05, 0) is 24.1 Å². The molecule has 4 aromatic rings. The SMILES string of the molecule is c1ccc(C2CN(c3ncnc4c3oc3ccccc34)C3CCOCC23)cc1. The van der Waals surface area contributed by atoms with Crippen LogP contribution in [0.3, 0.4) is 0 Å². The van der Waals surface area contributed by atoms with Crippen molar-refractivity contribution in [2.45, 2.75) is 18.4 Å². The molecule has 28 heavy (non-hydrogen) atoms. The summed E-state index contributed by atoms with van der Waals surface area (Å²) in [5.41, 5.74) is 3.93. The summed E-state index contributed by atoms with van der Waals surface area (Å²) < 4.78 is 12.1. The summed E-state index contributed by atoms with van der Waals surface area (Å²) in [6.45, 7) is 2.52. The lowest BCUT2D eigenvalue weighted by Gasteiger charge is -2.32. The Morgan fingerprint density at radius 3 is 2.75 bits per heavy atom. The molecular formula is C23H21N3O2. The highest BCUT2D eigenvalue weighted by atomic mass is 16.5. The molecule has 0 N–H and O–H groups in total. The topological polar surface area (TPSA) is 51.4 Å². The van der Waals surface area contributed by atoms with Crippen LogP contribution in [0.15, 0.2) is 65.3 Å². The Balaban J connectivity index is 1.49. The average Bonchev–Trinajstić information content (AvgIpc) is 3.33. The van der Waals surface area contributed by atoms with Crippen LogP contribution in [0.25, 0.3) is 22.1 Å². The van der Waals surface area contributed by atoms with Crippen LogP contribution in [0.2, 0.25) is 0 Å². The van der Waals surface area contributed by atoms with E-state index >= 15 is 0 Å². The molecule has 2 aromatic carbocycles. The molecule has 0 amide bonds. The van der Waals surface area contributed by atoms with E-state index in [9.17, 15) is 0 Å². The van der Waals surface area contributed by atoms with E-state index < -0.39 is 0 Å². The van der Waals surface area contributed by atoms with E-state index in [2.05, 4.69) is 51.3 Å². The Hall–Kier alpha value is -2.92. The van der Waals surface area contributed by atoms with E-state index in [0.29, 0.717) is 17.9 Å². The largest absolute Gasteiger partial charge is 0.450 e. The lowest BCUT2D eigenvalue weighted by atomic mass is 9.84. The van der Waals surface area contributed by atoms with E-state index in [1.165, 1.54) is 5.56 Å². The van der Waals surface area contributed by atoms with Crippen LogP contribution in [0.4, 0.5) is 5.82 Å². The van der Waals surface area contributed by atoms with Gasteiger partial charge in [-0.15, -0.1) is 0 Å². The third-order valence-electron chi connectivity index (χ3n) is 6.31. The molecule has 6 rings (SSSR count). The first-order chi connectivity index (χ1) is 13.9. The highest BCUT2D eigenvalue weighted by Gasteiger charge is 2.45.